The Hall–Kier alpha value is -4.78. The number of hydrogen-bond acceptors (Lipinski definition) is 8. The van der Waals surface area contributed by atoms with Crippen LogP contribution in [0.1, 0.15) is 15.9 Å². The molecule has 0 saturated carbocycles. The molecule has 0 atom stereocenters. The van der Waals surface area contributed by atoms with Crippen LogP contribution < -0.4 is 20.3 Å². The minimum atomic E-state index is -4.63. The SMILES string of the molecule is CNc1nccc(-c2cccnc2Oc2ccc(F)c(C(=O)Nc3cc(C(F)(F)F)ccc3N3CCN(C)CC3)c2)n1. The molecule has 9 nitrogen and oxygen atoms in total. The summed E-state index contributed by atoms with van der Waals surface area (Å²) in [4.78, 5) is 30.0. The van der Waals surface area contributed by atoms with Crippen LogP contribution in [0, 0.1) is 5.82 Å². The van der Waals surface area contributed by atoms with E-state index in [0.29, 0.717) is 49.1 Å². The molecule has 4 aromatic rings. The van der Waals surface area contributed by atoms with E-state index in [-0.39, 0.29) is 17.3 Å². The lowest BCUT2D eigenvalue weighted by Crippen LogP contribution is -2.44. The minimum absolute atomic E-state index is 0.0683. The van der Waals surface area contributed by atoms with Gasteiger partial charge >= 0.3 is 6.18 Å². The number of piperazine rings is 1. The molecule has 1 saturated heterocycles. The Morgan fingerprint density at radius 3 is 2.50 bits per heavy atom. The first kappa shape index (κ1) is 28.7. The summed E-state index contributed by atoms with van der Waals surface area (Å²) in [5, 5.41) is 5.35. The molecule has 42 heavy (non-hydrogen) atoms. The number of alkyl halides is 3. The molecule has 2 aromatic heterocycles. The molecule has 3 heterocycles. The molecule has 1 aliphatic rings. The largest absolute Gasteiger partial charge is 0.438 e. The van der Waals surface area contributed by atoms with Gasteiger partial charge in [-0.3, -0.25) is 4.79 Å². The lowest BCUT2D eigenvalue weighted by Gasteiger charge is -2.35. The highest BCUT2D eigenvalue weighted by atomic mass is 19.4. The van der Waals surface area contributed by atoms with Gasteiger partial charge in [0.25, 0.3) is 5.91 Å². The number of ether oxygens (including phenoxy) is 1. The van der Waals surface area contributed by atoms with Crippen molar-refractivity contribution in [1.29, 1.82) is 0 Å². The highest BCUT2D eigenvalue weighted by Gasteiger charge is 2.32. The van der Waals surface area contributed by atoms with Crippen molar-refractivity contribution in [1.82, 2.24) is 19.9 Å². The highest BCUT2D eigenvalue weighted by molar-refractivity contribution is 6.06. The molecule has 13 heteroatoms. The summed E-state index contributed by atoms with van der Waals surface area (Å²) in [5.41, 5.74) is 0.0432. The van der Waals surface area contributed by atoms with E-state index in [2.05, 4.69) is 30.5 Å². The van der Waals surface area contributed by atoms with E-state index in [0.717, 1.165) is 18.2 Å². The van der Waals surface area contributed by atoms with Crippen LogP contribution in [-0.2, 0) is 6.18 Å². The van der Waals surface area contributed by atoms with E-state index in [9.17, 15) is 22.4 Å². The van der Waals surface area contributed by atoms with Crippen molar-refractivity contribution in [3.8, 4) is 22.9 Å². The molecule has 2 aromatic carbocycles. The van der Waals surface area contributed by atoms with Crippen LogP contribution >= 0.6 is 0 Å². The molecule has 1 aliphatic heterocycles. The van der Waals surface area contributed by atoms with E-state index in [1.807, 2.05) is 11.9 Å². The summed E-state index contributed by atoms with van der Waals surface area (Å²) < 4.78 is 61.5. The maximum atomic E-state index is 14.9. The Labute approximate surface area is 239 Å². The predicted octanol–water partition coefficient (Wildman–Crippen LogP) is 5.53. The second-order valence-electron chi connectivity index (χ2n) is 9.59. The number of halogens is 4. The minimum Gasteiger partial charge on any atom is -0.438 e. The number of carbonyl (C=O) groups is 1. The quantitative estimate of drug-likeness (QED) is 0.275. The summed E-state index contributed by atoms with van der Waals surface area (Å²) in [5.74, 6) is -1.18. The maximum Gasteiger partial charge on any atom is 0.416 e. The number of nitrogens with zero attached hydrogens (tertiary/aromatic N) is 5. The van der Waals surface area contributed by atoms with Gasteiger partial charge in [0.1, 0.15) is 11.6 Å². The monoisotopic (exact) mass is 581 g/mol. The molecule has 1 amide bonds. The van der Waals surface area contributed by atoms with Crippen LogP contribution in [-0.4, -0.2) is 66.0 Å². The molecule has 5 rings (SSSR count). The maximum absolute atomic E-state index is 14.9. The summed E-state index contributed by atoms with van der Waals surface area (Å²) in [7, 11) is 3.63. The van der Waals surface area contributed by atoms with Crippen LogP contribution in [0.2, 0.25) is 0 Å². The van der Waals surface area contributed by atoms with Crippen LogP contribution in [0.4, 0.5) is 34.9 Å². The lowest BCUT2D eigenvalue weighted by atomic mass is 10.1. The average Bonchev–Trinajstić information content (AvgIpc) is 2.98. The fourth-order valence-electron chi connectivity index (χ4n) is 4.47. The molecule has 218 valence electrons. The van der Waals surface area contributed by atoms with Gasteiger partial charge in [-0.2, -0.15) is 13.2 Å². The number of pyridine rings is 1. The van der Waals surface area contributed by atoms with Gasteiger partial charge in [0.15, 0.2) is 0 Å². The Kier molecular flexibility index (Phi) is 8.20. The normalized spacial score (nSPS) is 14.0. The predicted molar refractivity (Wildman–Crippen MR) is 150 cm³/mol. The number of benzene rings is 2. The molecular weight excluding hydrogens is 554 g/mol. The third-order valence-corrected chi connectivity index (χ3v) is 6.74. The molecule has 0 spiro atoms. The number of nitrogens with one attached hydrogen (secondary N) is 2. The van der Waals surface area contributed by atoms with Gasteiger partial charge in [-0.05, 0) is 61.6 Å². The smallest absolute Gasteiger partial charge is 0.416 e. The van der Waals surface area contributed by atoms with Gasteiger partial charge in [-0.25, -0.2) is 19.3 Å². The number of carbonyl (C=O) groups excluding carboxylic acids is 1. The lowest BCUT2D eigenvalue weighted by molar-refractivity contribution is -0.137. The molecule has 0 radical (unpaired) electrons. The number of amides is 1. The van der Waals surface area contributed by atoms with Crippen LogP contribution in [0.15, 0.2) is 67.0 Å². The summed E-state index contributed by atoms with van der Waals surface area (Å²) in [6, 6.07) is 11.8. The number of hydrogen-bond donors (Lipinski definition) is 2. The summed E-state index contributed by atoms with van der Waals surface area (Å²) >= 11 is 0. The standard InChI is InChI=1S/C29H27F4N7O2/c1-34-28-36-11-9-23(38-28)20-4-3-10-35-27(20)42-19-6-7-22(30)21(17-19)26(41)37-24-16-18(29(31,32)33)5-8-25(24)40-14-12-39(2)13-15-40/h3-11,16-17H,12-15H2,1-2H3,(H,37,41)(H,34,36,38). The van der Waals surface area contributed by atoms with E-state index in [1.54, 1.807) is 31.4 Å². The summed E-state index contributed by atoms with van der Waals surface area (Å²) in [6.07, 6.45) is -1.56. The molecule has 0 aliphatic carbocycles. The van der Waals surface area contributed by atoms with Gasteiger partial charge in [0.2, 0.25) is 11.8 Å². The first-order chi connectivity index (χ1) is 20.1. The fraction of sp³-hybridized carbons (Fsp3) is 0.241. The van der Waals surface area contributed by atoms with E-state index >= 15 is 0 Å². The van der Waals surface area contributed by atoms with Crippen LogP contribution in [0.3, 0.4) is 0 Å². The molecular formula is C29H27F4N7O2. The zero-order chi connectivity index (χ0) is 29.9. The third kappa shape index (κ3) is 6.41. The Balaban J connectivity index is 1.44. The number of likely N-dealkylation sites (N-methyl/N-ethyl adjacent to an activating group) is 1. The Morgan fingerprint density at radius 2 is 1.76 bits per heavy atom. The van der Waals surface area contributed by atoms with Crippen molar-refractivity contribution in [3.63, 3.8) is 0 Å². The van der Waals surface area contributed by atoms with Crippen molar-refractivity contribution in [3.05, 3.63) is 83.9 Å². The second kappa shape index (κ2) is 12.0. The molecule has 2 N–H and O–H groups in total. The van der Waals surface area contributed by atoms with Gasteiger partial charge in [0.05, 0.1) is 33.8 Å². The van der Waals surface area contributed by atoms with Crippen molar-refractivity contribution < 1.29 is 27.1 Å². The number of anilines is 3. The molecule has 0 unspecified atom stereocenters. The highest BCUT2D eigenvalue weighted by Crippen LogP contribution is 2.37. The Morgan fingerprint density at radius 1 is 0.976 bits per heavy atom. The van der Waals surface area contributed by atoms with Gasteiger partial charge in [0, 0.05) is 45.6 Å². The topological polar surface area (TPSA) is 95.5 Å². The van der Waals surface area contributed by atoms with Crippen molar-refractivity contribution in [2.45, 2.75) is 6.18 Å². The first-order valence-corrected chi connectivity index (χ1v) is 13.0. The Bertz CT molecular complexity index is 1590. The second-order valence-corrected chi connectivity index (χ2v) is 9.59. The van der Waals surface area contributed by atoms with Crippen LogP contribution in [0.5, 0.6) is 11.6 Å². The van der Waals surface area contributed by atoms with Gasteiger partial charge in [-0.15, -0.1) is 0 Å². The third-order valence-electron chi connectivity index (χ3n) is 6.74. The average molecular weight is 582 g/mol. The van der Waals surface area contributed by atoms with Gasteiger partial charge < -0.3 is 25.2 Å². The first-order valence-electron chi connectivity index (χ1n) is 13.0. The zero-order valence-electron chi connectivity index (χ0n) is 22.7. The summed E-state index contributed by atoms with van der Waals surface area (Å²) in [6.45, 7) is 2.50. The molecule has 1 fully saturated rings. The van der Waals surface area contributed by atoms with Crippen LogP contribution in [0.25, 0.3) is 11.3 Å². The van der Waals surface area contributed by atoms with E-state index in [1.165, 1.54) is 24.4 Å². The van der Waals surface area contributed by atoms with Crippen molar-refractivity contribution >= 4 is 23.2 Å². The van der Waals surface area contributed by atoms with Gasteiger partial charge in [-0.1, -0.05) is 0 Å². The van der Waals surface area contributed by atoms with Crippen molar-refractivity contribution in [2.24, 2.45) is 0 Å². The number of rotatable bonds is 7. The van der Waals surface area contributed by atoms with Crippen molar-refractivity contribution in [2.75, 3.05) is 55.8 Å². The fourth-order valence-corrected chi connectivity index (χ4v) is 4.47. The van der Waals surface area contributed by atoms with E-state index in [4.69, 9.17) is 4.74 Å². The molecule has 0 bridgehead atoms. The zero-order valence-corrected chi connectivity index (χ0v) is 22.7. The van der Waals surface area contributed by atoms with E-state index < -0.39 is 29.0 Å². The number of aromatic nitrogens is 3.